The summed E-state index contributed by atoms with van der Waals surface area (Å²) in [7, 11) is 1.65. The first-order valence-corrected chi connectivity index (χ1v) is 5.98. The van der Waals surface area contributed by atoms with Crippen LogP contribution in [0.4, 0.5) is 0 Å². The van der Waals surface area contributed by atoms with Crippen molar-refractivity contribution in [2.45, 2.75) is 13.0 Å². The van der Waals surface area contributed by atoms with Crippen LogP contribution in [0, 0.1) is 0 Å². The molecule has 0 bridgehead atoms. The number of fused-ring (bicyclic) bond motifs is 3. The van der Waals surface area contributed by atoms with Gasteiger partial charge >= 0.3 is 0 Å². The summed E-state index contributed by atoms with van der Waals surface area (Å²) in [6, 6.07) is 1.85. The van der Waals surface area contributed by atoms with Crippen molar-refractivity contribution in [2.75, 3.05) is 13.7 Å². The van der Waals surface area contributed by atoms with E-state index in [1.807, 2.05) is 6.07 Å². The number of hydrogen-bond donors (Lipinski definition) is 0. The molecule has 0 aliphatic rings. The molecule has 7 nitrogen and oxygen atoms in total. The van der Waals surface area contributed by atoms with Gasteiger partial charge in [-0.25, -0.2) is 4.98 Å². The monoisotopic (exact) mass is 259 g/mol. The molecular formula is C12H13N5O2. The average molecular weight is 259 g/mol. The van der Waals surface area contributed by atoms with Gasteiger partial charge in [0.05, 0.1) is 10.9 Å². The molecule has 3 rings (SSSR count). The van der Waals surface area contributed by atoms with Gasteiger partial charge in [-0.05, 0) is 12.5 Å². The number of methoxy groups -OCH3 is 1. The Kier molecular flexibility index (Phi) is 2.96. The Morgan fingerprint density at radius 1 is 1.37 bits per heavy atom. The molecule has 0 aliphatic carbocycles. The molecule has 0 saturated heterocycles. The third-order valence-electron chi connectivity index (χ3n) is 2.99. The summed E-state index contributed by atoms with van der Waals surface area (Å²) in [5.41, 5.74) is 0.647. The number of aromatic nitrogens is 5. The van der Waals surface area contributed by atoms with Crippen molar-refractivity contribution >= 4 is 16.7 Å². The number of rotatable bonds is 4. The lowest BCUT2D eigenvalue weighted by Crippen LogP contribution is -2.21. The predicted molar refractivity (Wildman–Crippen MR) is 69.0 cm³/mol. The highest BCUT2D eigenvalue weighted by atomic mass is 16.5. The van der Waals surface area contributed by atoms with Crippen LogP contribution < -0.4 is 5.56 Å². The van der Waals surface area contributed by atoms with Crippen molar-refractivity contribution in [3.8, 4) is 0 Å². The van der Waals surface area contributed by atoms with Crippen molar-refractivity contribution in [3.63, 3.8) is 0 Å². The van der Waals surface area contributed by atoms with Crippen LogP contribution in [-0.2, 0) is 11.3 Å². The van der Waals surface area contributed by atoms with E-state index in [2.05, 4.69) is 15.1 Å². The molecule has 0 spiro atoms. The first kappa shape index (κ1) is 11.8. The zero-order valence-corrected chi connectivity index (χ0v) is 10.5. The smallest absolute Gasteiger partial charge is 0.261 e. The Morgan fingerprint density at radius 3 is 3.11 bits per heavy atom. The zero-order chi connectivity index (χ0) is 13.2. The molecular weight excluding hydrogens is 246 g/mol. The van der Waals surface area contributed by atoms with Crippen molar-refractivity contribution < 1.29 is 4.74 Å². The lowest BCUT2D eigenvalue weighted by molar-refractivity contribution is 0.190. The van der Waals surface area contributed by atoms with E-state index in [1.165, 1.54) is 6.33 Å². The SMILES string of the molecule is COCCCn1ccc2c(cnc3ncnn32)c1=O. The van der Waals surface area contributed by atoms with E-state index in [-0.39, 0.29) is 5.56 Å². The quantitative estimate of drug-likeness (QED) is 0.637. The van der Waals surface area contributed by atoms with Crippen LogP contribution in [0.15, 0.2) is 29.6 Å². The fourth-order valence-electron chi connectivity index (χ4n) is 2.06. The third kappa shape index (κ3) is 1.97. The summed E-state index contributed by atoms with van der Waals surface area (Å²) >= 11 is 0. The van der Waals surface area contributed by atoms with E-state index in [4.69, 9.17) is 4.74 Å². The molecule has 0 fully saturated rings. The number of pyridine rings is 1. The second kappa shape index (κ2) is 4.77. The maximum Gasteiger partial charge on any atom is 0.261 e. The Hall–Kier alpha value is -2.28. The summed E-state index contributed by atoms with van der Waals surface area (Å²) in [5, 5.41) is 4.61. The van der Waals surface area contributed by atoms with E-state index in [9.17, 15) is 4.79 Å². The first-order chi connectivity index (χ1) is 9.31. The van der Waals surface area contributed by atoms with Crippen LogP contribution in [0.2, 0.25) is 0 Å². The molecule has 3 aromatic heterocycles. The van der Waals surface area contributed by atoms with Gasteiger partial charge in [0.15, 0.2) is 0 Å². The van der Waals surface area contributed by atoms with Crippen LogP contribution in [0.1, 0.15) is 6.42 Å². The lowest BCUT2D eigenvalue weighted by Gasteiger charge is -2.07. The van der Waals surface area contributed by atoms with Gasteiger partial charge in [0.2, 0.25) is 0 Å². The molecule has 19 heavy (non-hydrogen) atoms. The van der Waals surface area contributed by atoms with Gasteiger partial charge < -0.3 is 9.30 Å². The van der Waals surface area contributed by atoms with Gasteiger partial charge in [-0.3, -0.25) is 4.79 Å². The van der Waals surface area contributed by atoms with E-state index in [1.54, 1.807) is 28.6 Å². The summed E-state index contributed by atoms with van der Waals surface area (Å²) in [6.07, 6.45) is 5.53. The second-order valence-electron chi connectivity index (χ2n) is 4.19. The van der Waals surface area contributed by atoms with Gasteiger partial charge in [0, 0.05) is 32.7 Å². The highest BCUT2D eigenvalue weighted by molar-refractivity contribution is 5.78. The molecule has 0 unspecified atom stereocenters. The highest BCUT2D eigenvalue weighted by Crippen LogP contribution is 2.08. The fourth-order valence-corrected chi connectivity index (χ4v) is 2.06. The molecule has 3 aromatic rings. The summed E-state index contributed by atoms with van der Waals surface area (Å²) in [6.45, 7) is 1.25. The van der Waals surface area contributed by atoms with Crippen molar-refractivity contribution in [1.82, 2.24) is 24.1 Å². The van der Waals surface area contributed by atoms with E-state index in [0.717, 1.165) is 11.9 Å². The number of ether oxygens (including phenoxy) is 1. The highest BCUT2D eigenvalue weighted by Gasteiger charge is 2.08. The van der Waals surface area contributed by atoms with Gasteiger partial charge in [0.1, 0.15) is 6.33 Å². The second-order valence-corrected chi connectivity index (χ2v) is 4.19. The Bertz CT molecular complexity index is 776. The summed E-state index contributed by atoms with van der Waals surface area (Å²) in [4.78, 5) is 20.4. The zero-order valence-electron chi connectivity index (χ0n) is 10.5. The molecule has 0 N–H and O–H groups in total. The molecule has 0 atom stereocenters. The van der Waals surface area contributed by atoms with E-state index >= 15 is 0 Å². The molecule has 3 heterocycles. The minimum Gasteiger partial charge on any atom is -0.385 e. The summed E-state index contributed by atoms with van der Waals surface area (Å²) < 4.78 is 8.21. The summed E-state index contributed by atoms with van der Waals surface area (Å²) in [5.74, 6) is 0.490. The number of nitrogens with zero attached hydrogens (tertiary/aromatic N) is 5. The Morgan fingerprint density at radius 2 is 2.26 bits per heavy atom. The minimum absolute atomic E-state index is 0.0708. The Labute approximate surface area is 108 Å². The number of aryl methyl sites for hydroxylation is 1. The van der Waals surface area contributed by atoms with Gasteiger partial charge in [-0.2, -0.15) is 14.6 Å². The maximum atomic E-state index is 12.3. The molecule has 7 heteroatoms. The van der Waals surface area contributed by atoms with E-state index < -0.39 is 0 Å². The average Bonchev–Trinajstić information content (AvgIpc) is 2.90. The van der Waals surface area contributed by atoms with Crippen LogP contribution in [0.5, 0.6) is 0 Å². The topological polar surface area (TPSA) is 74.3 Å². The molecule has 0 amide bonds. The standard InChI is InChI=1S/C12H13N5O2/c1-19-6-2-4-16-5-3-10-9(11(16)18)7-13-12-14-8-15-17(10)12/h3,5,7-8H,2,4,6H2,1H3. The molecule has 0 aromatic carbocycles. The van der Waals surface area contributed by atoms with Crippen molar-refractivity contribution in [1.29, 1.82) is 0 Å². The molecule has 0 aliphatic heterocycles. The van der Waals surface area contributed by atoms with Gasteiger partial charge in [-0.1, -0.05) is 0 Å². The van der Waals surface area contributed by atoms with Gasteiger partial charge in [-0.15, -0.1) is 0 Å². The normalized spacial score (nSPS) is 11.4. The third-order valence-corrected chi connectivity index (χ3v) is 2.99. The molecule has 98 valence electrons. The minimum atomic E-state index is -0.0708. The van der Waals surface area contributed by atoms with Crippen LogP contribution >= 0.6 is 0 Å². The predicted octanol–water partition coefficient (Wildman–Crippen LogP) is 0.476. The molecule has 0 saturated carbocycles. The number of hydrogen-bond acceptors (Lipinski definition) is 5. The Balaban J connectivity index is 2.11. The van der Waals surface area contributed by atoms with Crippen molar-refractivity contribution in [3.05, 3.63) is 35.1 Å². The van der Waals surface area contributed by atoms with Crippen LogP contribution in [0.3, 0.4) is 0 Å². The fraction of sp³-hybridized carbons (Fsp3) is 0.333. The maximum absolute atomic E-state index is 12.3. The van der Waals surface area contributed by atoms with Gasteiger partial charge in [0.25, 0.3) is 11.3 Å². The lowest BCUT2D eigenvalue weighted by atomic mass is 10.3. The van der Waals surface area contributed by atoms with Crippen molar-refractivity contribution in [2.24, 2.45) is 0 Å². The van der Waals surface area contributed by atoms with Crippen LogP contribution in [0.25, 0.3) is 16.7 Å². The largest absolute Gasteiger partial charge is 0.385 e. The van der Waals surface area contributed by atoms with Crippen LogP contribution in [-0.4, -0.2) is 37.9 Å². The first-order valence-electron chi connectivity index (χ1n) is 5.98. The van der Waals surface area contributed by atoms with E-state index in [0.29, 0.717) is 24.3 Å². The molecule has 0 radical (unpaired) electrons.